The lowest BCUT2D eigenvalue weighted by atomic mass is 9.89. The zero-order valence-electron chi connectivity index (χ0n) is 11.6. The second kappa shape index (κ2) is 8.48. The third-order valence-electron chi connectivity index (χ3n) is 2.81. The third-order valence-corrected chi connectivity index (χ3v) is 2.81. The van der Waals surface area contributed by atoms with E-state index >= 15 is 0 Å². The van der Waals surface area contributed by atoms with Gasteiger partial charge < -0.3 is 5.32 Å². The van der Waals surface area contributed by atoms with Gasteiger partial charge in [-0.15, -0.1) is 0 Å². The van der Waals surface area contributed by atoms with Crippen LogP contribution in [-0.4, -0.2) is 14.1 Å². The van der Waals surface area contributed by atoms with Crippen molar-refractivity contribution in [1.29, 1.82) is 0 Å². The van der Waals surface area contributed by atoms with E-state index in [2.05, 4.69) is 72.9 Å². The standard InChI is InChI=1S/C15H16.C2H7N/c1-2-15(13-9-5-3-6-10-13)14-11-7-4-8-12-14;1-3-2/h3-12,15H,2H2,1H3;3H,1-2H3. The van der Waals surface area contributed by atoms with Gasteiger partial charge in [-0.3, -0.25) is 0 Å². The Morgan fingerprint density at radius 2 is 1.11 bits per heavy atom. The first-order valence-corrected chi connectivity index (χ1v) is 6.51. The zero-order valence-corrected chi connectivity index (χ0v) is 11.6. The predicted molar refractivity (Wildman–Crippen MR) is 80.0 cm³/mol. The fourth-order valence-electron chi connectivity index (χ4n) is 2.03. The molecule has 0 aliphatic carbocycles. The third kappa shape index (κ3) is 4.34. The van der Waals surface area contributed by atoms with Crippen LogP contribution in [0.2, 0.25) is 0 Å². The molecule has 2 aromatic rings. The van der Waals surface area contributed by atoms with E-state index in [4.69, 9.17) is 0 Å². The molecule has 96 valence electrons. The van der Waals surface area contributed by atoms with E-state index in [0.717, 1.165) is 6.42 Å². The molecule has 0 saturated heterocycles. The molecule has 0 aliphatic heterocycles. The smallest absolute Gasteiger partial charge is 0.00867 e. The van der Waals surface area contributed by atoms with Gasteiger partial charge in [-0.05, 0) is 31.6 Å². The average Bonchev–Trinajstić information content (AvgIpc) is 2.43. The van der Waals surface area contributed by atoms with Gasteiger partial charge >= 0.3 is 0 Å². The molecule has 0 aromatic heterocycles. The van der Waals surface area contributed by atoms with Crippen LogP contribution in [0.25, 0.3) is 0 Å². The predicted octanol–water partition coefficient (Wildman–Crippen LogP) is 4.06. The molecule has 1 N–H and O–H groups in total. The Kier molecular flexibility index (Phi) is 6.82. The lowest BCUT2D eigenvalue weighted by molar-refractivity contribution is 0.777. The fourth-order valence-corrected chi connectivity index (χ4v) is 2.03. The molecular formula is C17H23N. The molecule has 2 rings (SSSR count). The molecule has 1 nitrogen and oxygen atoms in total. The van der Waals surface area contributed by atoms with Crippen molar-refractivity contribution in [3.8, 4) is 0 Å². The summed E-state index contributed by atoms with van der Waals surface area (Å²) in [7, 11) is 3.75. The molecule has 0 saturated carbocycles. The Balaban J connectivity index is 0.000000492. The van der Waals surface area contributed by atoms with Gasteiger partial charge in [0.15, 0.2) is 0 Å². The Morgan fingerprint density at radius 3 is 1.39 bits per heavy atom. The van der Waals surface area contributed by atoms with Crippen LogP contribution in [0.1, 0.15) is 30.4 Å². The van der Waals surface area contributed by atoms with Crippen LogP contribution in [0.4, 0.5) is 0 Å². The maximum absolute atomic E-state index is 2.75. The molecule has 18 heavy (non-hydrogen) atoms. The number of nitrogens with one attached hydrogen (secondary N) is 1. The first-order valence-electron chi connectivity index (χ1n) is 6.51. The summed E-state index contributed by atoms with van der Waals surface area (Å²) in [6.07, 6.45) is 1.15. The van der Waals surface area contributed by atoms with Crippen LogP contribution in [0.5, 0.6) is 0 Å². The SMILES string of the molecule is CCC(c1ccccc1)c1ccccc1.CNC. The van der Waals surface area contributed by atoms with Crippen molar-refractivity contribution >= 4 is 0 Å². The van der Waals surface area contributed by atoms with Gasteiger partial charge in [-0.2, -0.15) is 0 Å². The molecular weight excluding hydrogens is 218 g/mol. The molecule has 1 heteroatoms. The van der Waals surface area contributed by atoms with Crippen molar-refractivity contribution in [2.24, 2.45) is 0 Å². The van der Waals surface area contributed by atoms with Gasteiger partial charge in [0.25, 0.3) is 0 Å². The molecule has 0 bridgehead atoms. The van der Waals surface area contributed by atoms with Crippen LogP contribution in [0, 0.1) is 0 Å². The fraction of sp³-hybridized carbons (Fsp3) is 0.294. The van der Waals surface area contributed by atoms with Gasteiger partial charge in [0.2, 0.25) is 0 Å². The lowest BCUT2D eigenvalue weighted by Crippen LogP contribution is -1.98. The minimum absolute atomic E-state index is 0.535. The molecule has 2 aromatic carbocycles. The highest BCUT2D eigenvalue weighted by atomic mass is 14.7. The second-order valence-corrected chi connectivity index (χ2v) is 4.28. The Bertz CT molecular complexity index is 369. The Hall–Kier alpha value is -1.60. The summed E-state index contributed by atoms with van der Waals surface area (Å²) in [6.45, 7) is 2.24. The minimum Gasteiger partial charge on any atom is -0.323 e. The number of benzene rings is 2. The molecule has 0 radical (unpaired) electrons. The number of rotatable bonds is 3. The van der Waals surface area contributed by atoms with Crippen LogP contribution >= 0.6 is 0 Å². The highest BCUT2D eigenvalue weighted by Gasteiger charge is 2.10. The summed E-state index contributed by atoms with van der Waals surface area (Å²) in [5.74, 6) is 0.535. The molecule has 0 aliphatic rings. The molecule has 0 amide bonds. The normalized spacial score (nSPS) is 9.78. The van der Waals surface area contributed by atoms with Crippen molar-refractivity contribution in [1.82, 2.24) is 5.32 Å². The molecule has 0 heterocycles. The highest BCUT2D eigenvalue weighted by Crippen LogP contribution is 2.26. The number of hydrogen-bond acceptors (Lipinski definition) is 1. The van der Waals surface area contributed by atoms with E-state index in [1.54, 1.807) is 0 Å². The first kappa shape index (κ1) is 14.5. The Labute approximate surface area is 111 Å². The summed E-state index contributed by atoms with van der Waals surface area (Å²) >= 11 is 0. The highest BCUT2D eigenvalue weighted by molar-refractivity contribution is 5.31. The van der Waals surface area contributed by atoms with E-state index in [1.165, 1.54) is 11.1 Å². The van der Waals surface area contributed by atoms with Crippen molar-refractivity contribution in [3.05, 3.63) is 71.8 Å². The maximum atomic E-state index is 2.75. The first-order chi connectivity index (χ1) is 8.83. The molecule has 0 unspecified atom stereocenters. The van der Waals surface area contributed by atoms with Crippen LogP contribution in [0.3, 0.4) is 0 Å². The topological polar surface area (TPSA) is 12.0 Å². The van der Waals surface area contributed by atoms with Crippen LogP contribution in [0.15, 0.2) is 60.7 Å². The van der Waals surface area contributed by atoms with E-state index in [-0.39, 0.29) is 0 Å². The molecule has 0 spiro atoms. The van der Waals surface area contributed by atoms with E-state index in [9.17, 15) is 0 Å². The lowest BCUT2D eigenvalue weighted by Gasteiger charge is -2.15. The van der Waals surface area contributed by atoms with E-state index in [0.29, 0.717) is 5.92 Å². The van der Waals surface area contributed by atoms with Crippen molar-refractivity contribution in [2.45, 2.75) is 19.3 Å². The van der Waals surface area contributed by atoms with Crippen molar-refractivity contribution in [3.63, 3.8) is 0 Å². The molecule has 0 fully saturated rings. The van der Waals surface area contributed by atoms with Gasteiger partial charge in [0.05, 0.1) is 0 Å². The summed E-state index contributed by atoms with van der Waals surface area (Å²) < 4.78 is 0. The molecule has 0 atom stereocenters. The number of hydrogen-bond donors (Lipinski definition) is 1. The van der Waals surface area contributed by atoms with Gasteiger partial charge in [0, 0.05) is 5.92 Å². The zero-order chi connectivity index (χ0) is 13.2. The van der Waals surface area contributed by atoms with Crippen LogP contribution < -0.4 is 5.32 Å². The van der Waals surface area contributed by atoms with Crippen molar-refractivity contribution in [2.75, 3.05) is 14.1 Å². The van der Waals surface area contributed by atoms with E-state index < -0.39 is 0 Å². The minimum atomic E-state index is 0.535. The quantitative estimate of drug-likeness (QED) is 0.854. The summed E-state index contributed by atoms with van der Waals surface area (Å²) in [5.41, 5.74) is 2.82. The average molecular weight is 241 g/mol. The summed E-state index contributed by atoms with van der Waals surface area (Å²) in [5, 5.41) is 2.75. The largest absolute Gasteiger partial charge is 0.323 e. The van der Waals surface area contributed by atoms with E-state index in [1.807, 2.05) is 14.1 Å². The summed E-state index contributed by atoms with van der Waals surface area (Å²) in [4.78, 5) is 0. The monoisotopic (exact) mass is 241 g/mol. The summed E-state index contributed by atoms with van der Waals surface area (Å²) in [6, 6.07) is 21.4. The van der Waals surface area contributed by atoms with Crippen LogP contribution in [-0.2, 0) is 0 Å². The second-order valence-electron chi connectivity index (χ2n) is 4.28. The van der Waals surface area contributed by atoms with Gasteiger partial charge in [0.1, 0.15) is 0 Å². The maximum Gasteiger partial charge on any atom is 0.00867 e. The van der Waals surface area contributed by atoms with Gasteiger partial charge in [-0.1, -0.05) is 67.6 Å². The van der Waals surface area contributed by atoms with Crippen molar-refractivity contribution < 1.29 is 0 Å². The van der Waals surface area contributed by atoms with Gasteiger partial charge in [-0.25, -0.2) is 0 Å². The Morgan fingerprint density at radius 1 is 0.778 bits per heavy atom.